The van der Waals surface area contributed by atoms with Crippen LogP contribution in [0.15, 0.2) is 58.0 Å². The van der Waals surface area contributed by atoms with E-state index >= 15 is 0 Å². The average molecular weight is 413 g/mol. The number of aryl methyl sites for hydroxylation is 2. The first-order valence-corrected chi connectivity index (χ1v) is 10.9. The minimum absolute atomic E-state index is 0.165. The lowest BCUT2D eigenvalue weighted by molar-refractivity contribution is -0.129. The summed E-state index contributed by atoms with van der Waals surface area (Å²) in [6.45, 7) is 8.37. The van der Waals surface area contributed by atoms with Gasteiger partial charge in [-0.25, -0.2) is 18.2 Å². The summed E-state index contributed by atoms with van der Waals surface area (Å²) in [7, 11) is -3.54. The Morgan fingerprint density at radius 1 is 1.03 bits per heavy atom. The van der Waals surface area contributed by atoms with Gasteiger partial charge >= 0.3 is 5.97 Å². The molecular formula is C22H24N2O4S. The number of benzene rings is 2. The van der Waals surface area contributed by atoms with Crippen LogP contribution in [0.5, 0.6) is 0 Å². The van der Waals surface area contributed by atoms with Gasteiger partial charge in [0.2, 0.25) is 15.9 Å². The van der Waals surface area contributed by atoms with E-state index in [1.165, 1.54) is 16.4 Å². The molecule has 3 rings (SSSR count). The molecule has 1 aliphatic heterocycles. The first-order valence-electron chi connectivity index (χ1n) is 9.46. The number of carbonyl (C=O) groups is 1. The number of carbonyl (C=O) groups excluding carboxylic acids is 1. The minimum Gasteiger partial charge on any atom is -0.402 e. The highest BCUT2D eigenvalue weighted by Gasteiger charge is 2.26. The fourth-order valence-corrected chi connectivity index (χ4v) is 4.61. The van der Waals surface area contributed by atoms with Gasteiger partial charge in [0, 0.05) is 18.7 Å². The summed E-state index contributed by atoms with van der Waals surface area (Å²) in [5.41, 5.74) is 3.84. The highest BCUT2D eigenvalue weighted by molar-refractivity contribution is 7.89. The molecule has 2 aromatic rings. The molecule has 1 heterocycles. The number of cyclic esters (lactones) is 1. The van der Waals surface area contributed by atoms with Crippen molar-refractivity contribution in [3.8, 4) is 0 Å². The molecule has 0 aromatic heterocycles. The van der Waals surface area contributed by atoms with Gasteiger partial charge in [0.05, 0.1) is 4.90 Å². The van der Waals surface area contributed by atoms with E-state index in [2.05, 4.69) is 4.99 Å². The first kappa shape index (κ1) is 21.0. The Hall–Kier alpha value is -2.77. The summed E-state index contributed by atoms with van der Waals surface area (Å²) in [5, 5.41) is 0. The maximum atomic E-state index is 12.6. The van der Waals surface area contributed by atoms with Gasteiger partial charge in [0.25, 0.3) is 0 Å². The third kappa shape index (κ3) is 4.31. The predicted molar refractivity (Wildman–Crippen MR) is 113 cm³/mol. The molecule has 0 spiro atoms. The number of rotatable bonds is 6. The van der Waals surface area contributed by atoms with E-state index in [9.17, 15) is 13.2 Å². The van der Waals surface area contributed by atoms with Crippen LogP contribution in [0.3, 0.4) is 0 Å². The van der Waals surface area contributed by atoms with Crippen LogP contribution >= 0.6 is 0 Å². The second-order valence-corrected chi connectivity index (χ2v) is 8.75. The van der Waals surface area contributed by atoms with Crippen molar-refractivity contribution in [2.75, 3.05) is 13.1 Å². The summed E-state index contributed by atoms with van der Waals surface area (Å²) in [6.07, 6.45) is 1.70. The molecule has 152 valence electrons. The lowest BCUT2D eigenvalue weighted by Gasteiger charge is -2.18. The summed E-state index contributed by atoms with van der Waals surface area (Å²) in [6, 6.07) is 12.2. The smallest absolute Gasteiger partial charge is 0.363 e. The first-order chi connectivity index (χ1) is 13.8. The molecule has 0 N–H and O–H groups in total. The van der Waals surface area contributed by atoms with Crippen LogP contribution in [0, 0.1) is 13.8 Å². The number of hydrogen-bond acceptors (Lipinski definition) is 5. The van der Waals surface area contributed by atoms with Crippen molar-refractivity contribution in [2.45, 2.75) is 32.6 Å². The second kappa shape index (κ2) is 8.31. The molecule has 7 heteroatoms. The number of nitrogens with zero attached hydrogens (tertiary/aromatic N) is 2. The highest BCUT2D eigenvalue weighted by Crippen LogP contribution is 2.23. The van der Waals surface area contributed by atoms with Crippen molar-refractivity contribution in [2.24, 2.45) is 4.99 Å². The summed E-state index contributed by atoms with van der Waals surface area (Å²) in [5.74, 6) is -0.363. The normalized spacial score (nSPS) is 15.7. The van der Waals surface area contributed by atoms with E-state index in [1.807, 2.05) is 32.0 Å². The molecule has 0 saturated carbocycles. The third-order valence-corrected chi connectivity index (χ3v) is 6.85. The van der Waals surface area contributed by atoms with Crippen LogP contribution in [-0.4, -0.2) is 37.7 Å². The van der Waals surface area contributed by atoms with E-state index < -0.39 is 16.0 Å². The Balaban J connectivity index is 1.89. The molecule has 6 nitrogen and oxygen atoms in total. The van der Waals surface area contributed by atoms with Gasteiger partial charge in [0.15, 0.2) is 5.70 Å². The topological polar surface area (TPSA) is 76.0 Å². The summed E-state index contributed by atoms with van der Waals surface area (Å²) >= 11 is 0. The van der Waals surface area contributed by atoms with Gasteiger partial charge in [-0.1, -0.05) is 37.6 Å². The van der Waals surface area contributed by atoms with E-state index in [4.69, 9.17) is 4.74 Å². The van der Waals surface area contributed by atoms with E-state index in [-0.39, 0.29) is 16.5 Å². The van der Waals surface area contributed by atoms with Crippen LogP contribution in [0.1, 0.15) is 36.1 Å². The molecule has 0 aliphatic carbocycles. The molecule has 29 heavy (non-hydrogen) atoms. The van der Waals surface area contributed by atoms with Crippen LogP contribution in [-0.2, 0) is 19.6 Å². The Kier molecular flexibility index (Phi) is 6.00. The number of hydrogen-bond donors (Lipinski definition) is 0. The second-order valence-electron chi connectivity index (χ2n) is 6.81. The van der Waals surface area contributed by atoms with Crippen molar-refractivity contribution in [3.05, 3.63) is 70.4 Å². The maximum absolute atomic E-state index is 12.6. The summed E-state index contributed by atoms with van der Waals surface area (Å²) < 4.78 is 31.9. The Morgan fingerprint density at radius 3 is 2.28 bits per heavy atom. The Bertz CT molecular complexity index is 1100. The lowest BCUT2D eigenvalue weighted by atomic mass is 10.0. The monoisotopic (exact) mass is 412 g/mol. The highest BCUT2D eigenvalue weighted by atomic mass is 32.2. The molecule has 1 aliphatic rings. The fourth-order valence-electron chi connectivity index (χ4n) is 3.15. The van der Waals surface area contributed by atoms with Crippen molar-refractivity contribution >= 4 is 28.0 Å². The quantitative estimate of drug-likeness (QED) is 0.536. The van der Waals surface area contributed by atoms with E-state index in [1.54, 1.807) is 32.1 Å². The van der Waals surface area contributed by atoms with Crippen LogP contribution in [0.2, 0.25) is 0 Å². The molecule has 0 amide bonds. The van der Waals surface area contributed by atoms with Crippen molar-refractivity contribution in [1.29, 1.82) is 0 Å². The third-order valence-electron chi connectivity index (χ3n) is 4.78. The number of aliphatic imine (C=N–C) groups is 1. The number of ether oxygens (including phenoxy) is 1. The summed E-state index contributed by atoms with van der Waals surface area (Å²) in [4.78, 5) is 16.7. The standard InChI is InChI=1S/C22H24N2O4S/c1-5-24(6-2)29(26,27)19-11-9-17(10-12-19)21-23-20(22(25)28-21)14-18-8-7-15(3)13-16(18)4/h7-14H,5-6H2,1-4H3. The van der Waals surface area contributed by atoms with Crippen molar-refractivity contribution in [1.82, 2.24) is 4.31 Å². The maximum Gasteiger partial charge on any atom is 0.363 e. The van der Waals surface area contributed by atoms with Crippen molar-refractivity contribution in [3.63, 3.8) is 0 Å². The van der Waals surface area contributed by atoms with E-state index in [0.717, 1.165) is 16.7 Å². The zero-order valence-electron chi connectivity index (χ0n) is 17.0. The number of sulfonamides is 1. The molecular weight excluding hydrogens is 388 g/mol. The largest absolute Gasteiger partial charge is 0.402 e. The molecule has 0 saturated heterocycles. The van der Waals surface area contributed by atoms with Crippen molar-refractivity contribution < 1.29 is 17.9 Å². The molecule has 0 radical (unpaired) electrons. The zero-order chi connectivity index (χ0) is 21.2. The van der Waals surface area contributed by atoms with Gasteiger partial charge < -0.3 is 4.74 Å². The predicted octanol–water partition coefficient (Wildman–Crippen LogP) is 3.68. The van der Waals surface area contributed by atoms with Gasteiger partial charge in [0.1, 0.15) is 0 Å². The molecule has 0 unspecified atom stereocenters. The average Bonchev–Trinajstić information content (AvgIpc) is 3.05. The molecule has 0 bridgehead atoms. The minimum atomic E-state index is -3.54. The molecule has 0 fully saturated rings. The molecule has 2 aromatic carbocycles. The van der Waals surface area contributed by atoms with Gasteiger partial charge in [-0.15, -0.1) is 0 Å². The van der Waals surface area contributed by atoms with Gasteiger partial charge in [-0.05, 0) is 55.3 Å². The van der Waals surface area contributed by atoms with Crippen LogP contribution in [0.25, 0.3) is 6.08 Å². The lowest BCUT2D eigenvalue weighted by Crippen LogP contribution is -2.30. The van der Waals surface area contributed by atoms with Crippen LogP contribution in [0.4, 0.5) is 0 Å². The number of esters is 1. The zero-order valence-corrected chi connectivity index (χ0v) is 17.8. The Morgan fingerprint density at radius 2 is 1.69 bits per heavy atom. The SMILES string of the molecule is CCN(CC)S(=O)(=O)c1ccc(C2=NC(=Cc3ccc(C)cc3C)C(=O)O2)cc1. The van der Waals surface area contributed by atoms with E-state index in [0.29, 0.717) is 18.7 Å². The van der Waals surface area contributed by atoms with Gasteiger partial charge in [-0.2, -0.15) is 4.31 Å². The Labute approximate surface area is 171 Å². The molecule has 0 atom stereocenters. The van der Waals surface area contributed by atoms with Gasteiger partial charge in [-0.3, -0.25) is 0 Å². The van der Waals surface area contributed by atoms with Crippen LogP contribution < -0.4 is 0 Å². The fraction of sp³-hybridized carbons (Fsp3) is 0.273.